The van der Waals surface area contributed by atoms with E-state index in [9.17, 15) is 9.18 Å². The molecule has 1 aromatic heterocycles. The molecule has 1 N–H and O–H groups in total. The molecule has 1 heterocycles. The Balaban J connectivity index is 1.96. The van der Waals surface area contributed by atoms with Crippen LogP contribution in [0.3, 0.4) is 0 Å². The molecule has 0 bridgehead atoms. The summed E-state index contributed by atoms with van der Waals surface area (Å²) < 4.78 is 18.2. The van der Waals surface area contributed by atoms with Crippen LogP contribution in [0.15, 0.2) is 35.3 Å². The second-order valence-corrected chi connectivity index (χ2v) is 3.99. The Bertz CT molecular complexity index is 523. The Morgan fingerprint density at radius 1 is 1.50 bits per heavy atom. The summed E-state index contributed by atoms with van der Waals surface area (Å²) in [6, 6.07) is 4.11. The molecule has 0 unspecified atom stereocenters. The first-order valence-electron chi connectivity index (χ1n) is 5.28. The van der Waals surface area contributed by atoms with Gasteiger partial charge in [-0.2, -0.15) is 0 Å². The van der Waals surface area contributed by atoms with Crippen molar-refractivity contribution < 1.29 is 13.6 Å². The first kappa shape index (κ1) is 12.6. The highest BCUT2D eigenvalue weighted by Crippen LogP contribution is 2.18. The van der Waals surface area contributed by atoms with Crippen LogP contribution in [0, 0.1) is 5.82 Å². The van der Waals surface area contributed by atoms with E-state index in [0.29, 0.717) is 13.0 Å². The molecule has 4 nitrogen and oxygen atoms in total. The molecule has 0 atom stereocenters. The number of halogens is 2. The molecule has 1 aromatic carbocycles. The van der Waals surface area contributed by atoms with Crippen molar-refractivity contribution in [2.45, 2.75) is 6.42 Å². The van der Waals surface area contributed by atoms with Crippen LogP contribution in [0.5, 0.6) is 0 Å². The lowest BCUT2D eigenvalue weighted by molar-refractivity contribution is 0.0950. The van der Waals surface area contributed by atoms with Gasteiger partial charge < -0.3 is 9.73 Å². The number of oxazole rings is 1. The molecule has 0 radical (unpaired) electrons. The van der Waals surface area contributed by atoms with Crippen molar-refractivity contribution in [2.24, 2.45) is 0 Å². The van der Waals surface area contributed by atoms with Crippen LogP contribution in [0.4, 0.5) is 4.39 Å². The number of nitrogens with zero attached hydrogens (tertiary/aromatic N) is 1. The van der Waals surface area contributed by atoms with Gasteiger partial charge in [0.05, 0.1) is 16.3 Å². The lowest BCUT2D eigenvalue weighted by Crippen LogP contribution is -2.27. The predicted molar refractivity (Wildman–Crippen MR) is 64.0 cm³/mol. The fourth-order valence-electron chi connectivity index (χ4n) is 1.47. The lowest BCUT2D eigenvalue weighted by atomic mass is 10.2. The Kier molecular flexibility index (Phi) is 3.94. The molecule has 0 aliphatic rings. The van der Waals surface area contributed by atoms with Crippen LogP contribution in [0.1, 0.15) is 16.1 Å². The van der Waals surface area contributed by atoms with Gasteiger partial charge in [-0.1, -0.05) is 17.7 Å². The number of carbonyl (C=O) groups excluding carboxylic acids is 1. The van der Waals surface area contributed by atoms with Crippen LogP contribution < -0.4 is 5.32 Å². The summed E-state index contributed by atoms with van der Waals surface area (Å²) in [4.78, 5) is 15.6. The fourth-order valence-corrected chi connectivity index (χ4v) is 1.72. The number of amides is 1. The molecular weight excluding hydrogens is 259 g/mol. The van der Waals surface area contributed by atoms with Crippen molar-refractivity contribution in [1.82, 2.24) is 10.3 Å². The van der Waals surface area contributed by atoms with Crippen molar-refractivity contribution in [2.75, 3.05) is 6.54 Å². The Hall–Kier alpha value is -1.88. The van der Waals surface area contributed by atoms with E-state index >= 15 is 0 Å². The highest BCUT2D eigenvalue weighted by molar-refractivity contribution is 6.33. The molecule has 18 heavy (non-hydrogen) atoms. The van der Waals surface area contributed by atoms with E-state index in [-0.39, 0.29) is 10.6 Å². The third-order valence-electron chi connectivity index (χ3n) is 2.34. The lowest BCUT2D eigenvalue weighted by Gasteiger charge is -2.06. The van der Waals surface area contributed by atoms with Crippen LogP contribution in [0.25, 0.3) is 0 Å². The standard InChI is InChI=1S/C12H10ClFN2O2/c13-9-2-1-3-10(14)11(9)12(17)15-5-4-8-6-18-7-16-8/h1-3,6-7H,4-5H2,(H,15,17). The van der Waals surface area contributed by atoms with Crippen LogP contribution >= 0.6 is 11.6 Å². The van der Waals surface area contributed by atoms with Gasteiger partial charge in [-0.3, -0.25) is 4.79 Å². The molecule has 0 saturated carbocycles. The topological polar surface area (TPSA) is 55.1 Å². The Morgan fingerprint density at radius 2 is 2.33 bits per heavy atom. The largest absolute Gasteiger partial charge is 0.451 e. The first-order chi connectivity index (χ1) is 8.68. The molecule has 0 aliphatic carbocycles. The minimum absolute atomic E-state index is 0.0916. The molecule has 6 heteroatoms. The smallest absolute Gasteiger partial charge is 0.255 e. The van der Waals surface area contributed by atoms with E-state index in [2.05, 4.69) is 10.3 Å². The van der Waals surface area contributed by atoms with E-state index in [0.717, 1.165) is 5.69 Å². The van der Waals surface area contributed by atoms with Gasteiger partial charge in [0.1, 0.15) is 12.1 Å². The molecule has 1 amide bonds. The third-order valence-corrected chi connectivity index (χ3v) is 2.65. The number of benzene rings is 1. The number of hydrogen-bond donors (Lipinski definition) is 1. The van der Waals surface area contributed by atoms with Crippen molar-refractivity contribution >= 4 is 17.5 Å². The van der Waals surface area contributed by atoms with Gasteiger partial charge in [-0.05, 0) is 12.1 Å². The second kappa shape index (κ2) is 5.64. The highest BCUT2D eigenvalue weighted by Gasteiger charge is 2.14. The van der Waals surface area contributed by atoms with Crippen LogP contribution in [-0.4, -0.2) is 17.4 Å². The monoisotopic (exact) mass is 268 g/mol. The maximum absolute atomic E-state index is 13.4. The van der Waals surface area contributed by atoms with Gasteiger partial charge in [0.25, 0.3) is 5.91 Å². The summed E-state index contributed by atoms with van der Waals surface area (Å²) in [5.74, 6) is -1.18. The first-order valence-corrected chi connectivity index (χ1v) is 5.65. The number of aromatic nitrogens is 1. The van der Waals surface area contributed by atoms with Gasteiger partial charge in [-0.15, -0.1) is 0 Å². The molecule has 0 saturated heterocycles. The summed E-state index contributed by atoms with van der Waals surface area (Å²) >= 11 is 5.77. The van der Waals surface area contributed by atoms with Crippen molar-refractivity contribution in [1.29, 1.82) is 0 Å². The molecule has 2 rings (SSSR count). The van der Waals surface area contributed by atoms with Gasteiger partial charge >= 0.3 is 0 Å². The number of hydrogen-bond acceptors (Lipinski definition) is 3. The minimum atomic E-state index is -0.638. The van der Waals surface area contributed by atoms with E-state index < -0.39 is 11.7 Å². The summed E-state index contributed by atoms with van der Waals surface area (Å²) in [5.41, 5.74) is 0.578. The summed E-state index contributed by atoms with van der Waals surface area (Å²) in [7, 11) is 0. The number of rotatable bonds is 4. The molecule has 2 aromatic rings. The Labute approximate surface area is 108 Å². The zero-order valence-electron chi connectivity index (χ0n) is 9.32. The maximum Gasteiger partial charge on any atom is 0.255 e. The third kappa shape index (κ3) is 2.87. The molecule has 94 valence electrons. The van der Waals surface area contributed by atoms with Crippen LogP contribution in [0.2, 0.25) is 5.02 Å². The SMILES string of the molecule is O=C(NCCc1cocn1)c1c(F)cccc1Cl. The number of nitrogens with one attached hydrogen (secondary N) is 1. The average Bonchev–Trinajstić information content (AvgIpc) is 2.82. The highest BCUT2D eigenvalue weighted by atomic mass is 35.5. The van der Waals surface area contributed by atoms with Crippen molar-refractivity contribution in [3.05, 3.63) is 53.0 Å². The maximum atomic E-state index is 13.4. The summed E-state index contributed by atoms with van der Waals surface area (Å²) in [6.07, 6.45) is 3.31. The summed E-state index contributed by atoms with van der Waals surface area (Å²) in [5, 5.41) is 2.67. The van der Waals surface area contributed by atoms with E-state index in [1.165, 1.54) is 30.9 Å². The average molecular weight is 269 g/mol. The Morgan fingerprint density at radius 3 is 3.00 bits per heavy atom. The normalized spacial score (nSPS) is 10.3. The molecule has 0 aliphatic heterocycles. The van der Waals surface area contributed by atoms with E-state index in [4.69, 9.17) is 16.0 Å². The zero-order chi connectivity index (χ0) is 13.0. The van der Waals surface area contributed by atoms with E-state index in [1.54, 1.807) is 0 Å². The summed E-state index contributed by atoms with van der Waals surface area (Å²) in [6.45, 7) is 0.329. The predicted octanol–water partition coefficient (Wildman–Crippen LogP) is 2.44. The minimum Gasteiger partial charge on any atom is -0.451 e. The van der Waals surface area contributed by atoms with Crippen LogP contribution in [-0.2, 0) is 6.42 Å². The van der Waals surface area contributed by atoms with Gasteiger partial charge in [0.15, 0.2) is 6.39 Å². The van der Waals surface area contributed by atoms with E-state index in [1.807, 2.05) is 0 Å². The van der Waals surface area contributed by atoms with Gasteiger partial charge in [0.2, 0.25) is 0 Å². The zero-order valence-corrected chi connectivity index (χ0v) is 10.1. The molecular formula is C12H10ClFN2O2. The van der Waals surface area contributed by atoms with Crippen molar-refractivity contribution in [3.63, 3.8) is 0 Å². The second-order valence-electron chi connectivity index (χ2n) is 3.58. The molecule has 0 fully saturated rings. The molecule has 0 spiro atoms. The fraction of sp³-hybridized carbons (Fsp3) is 0.167. The quantitative estimate of drug-likeness (QED) is 0.927. The van der Waals surface area contributed by atoms with Crippen molar-refractivity contribution in [3.8, 4) is 0 Å². The van der Waals surface area contributed by atoms with Gasteiger partial charge in [-0.25, -0.2) is 9.37 Å². The van der Waals surface area contributed by atoms with Gasteiger partial charge in [0, 0.05) is 13.0 Å². The number of carbonyl (C=O) groups is 1.